The zero-order chi connectivity index (χ0) is 24.1. The van der Waals surface area contributed by atoms with Crippen molar-refractivity contribution in [3.05, 3.63) is 71.8 Å². The first-order valence-corrected chi connectivity index (χ1v) is 11.7. The second-order valence-corrected chi connectivity index (χ2v) is 8.91. The molecule has 0 aromatic heterocycles. The Kier molecular flexibility index (Phi) is 7.30. The monoisotopic (exact) mass is 462 g/mol. The van der Waals surface area contributed by atoms with Gasteiger partial charge in [-0.15, -0.1) is 0 Å². The number of ether oxygens (including phenoxy) is 1. The number of carboxylic acid groups (broad SMARTS) is 1. The summed E-state index contributed by atoms with van der Waals surface area (Å²) in [5.41, 5.74) is 4.68. The Bertz CT molecular complexity index is 1050. The van der Waals surface area contributed by atoms with Gasteiger partial charge in [-0.2, -0.15) is 0 Å². The molecule has 2 unspecified atom stereocenters. The predicted octanol–water partition coefficient (Wildman–Crippen LogP) is 4.18. The number of unbranched alkanes of at least 4 members (excludes halogenated alkanes) is 1. The lowest BCUT2D eigenvalue weighted by Gasteiger charge is -2.21. The highest BCUT2D eigenvalue weighted by atomic mass is 16.5. The molecule has 178 valence electrons. The molecule has 0 heterocycles. The van der Waals surface area contributed by atoms with Crippen LogP contribution in [0.5, 0.6) is 0 Å². The third kappa shape index (κ3) is 5.30. The van der Waals surface area contributed by atoms with Crippen LogP contribution in [-0.4, -0.2) is 54.2 Å². The number of nitrogens with one attached hydrogen (secondary N) is 1. The van der Waals surface area contributed by atoms with Crippen molar-refractivity contribution in [2.75, 3.05) is 20.2 Å². The molecule has 2 aliphatic rings. The second-order valence-electron chi connectivity index (χ2n) is 8.91. The van der Waals surface area contributed by atoms with Crippen LogP contribution in [0, 0.1) is 5.92 Å². The van der Waals surface area contributed by atoms with Crippen molar-refractivity contribution in [3.8, 4) is 11.1 Å². The third-order valence-corrected chi connectivity index (χ3v) is 6.56. The Morgan fingerprint density at radius 3 is 2.29 bits per heavy atom. The van der Waals surface area contributed by atoms with Crippen molar-refractivity contribution in [2.45, 2.75) is 37.6 Å². The fourth-order valence-corrected chi connectivity index (χ4v) is 4.80. The van der Waals surface area contributed by atoms with Crippen LogP contribution in [0.1, 0.15) is 42.7 Å². The molecule has 2 aromatic carbocycles. The summed E-state index contributed by atoms with van der Waals surface area (Å²) in [6.45, 7) is 0.763. The first-order chi connectivity index (χ1) is 16.4. The Morgan fingerprint density at radius 1 is 1.00 bits per heavy atom. The molecule has 0 aliphatic heterocycles. The van der Waals surface area contributed by atoms with Crippen molar-refractivity contribution in [3.63, 3.8) is 0 Å². The number of benzene rings is 2. The molecule has 0 radical (unpaired) electrons. The molecule has 0 fully saturated rings. The molecule has 34 heavy (non-hydrogen) atoms. The largest absolute Gasteiger partial charge is 0.481 e. The van der Waals surface area contributed by atoms with Gasteiger partial charge >= 0.3 is 12.1 Å². The maximum atomic E-state index is 12.7. The highest BCUT2D eigenvalue weighted by Gasteiger charge is 2.31. The maximum Gasteiger partial charge on any atom is 0.407 e. The number of carbonyl (C=O) groups excluding carboxylic acids is 2. The molecule has 4 rings (SSSR count). The van der Waals surface area contributed by atoms with E-state index < -0.39 is 12.1 Å². The van der Waals surface area contributed by atoms with E-state index in [1.54, 1.807) is 11.9 Å². The van der Waals surface area contributed by atoms with E-state index in [1.165, 1.54) is 11.1 Å². The van der Waals surface area contributed by atoms with Crippen molar-refractivity contribution in [2.24, 2.45) is 5.92 Å². The number of hydrogen-bond donors (Lipinski definition) is 2. The molecule has 2 aliphatic carbocycles. The molecule has 2 aromatic rings. The molecule has 0 saturated carbocycles. The lowest BCUT2D eigenvalue weighted by Crippen LogP contribution is -2.37. The summed E-state index contributed by atoms with van der Waals surface area (Å²) < 4.78 is 5.60. The number of carbonyl (C=O) groups is 3. The van der Waals surface area contributed by atoms with Gasteiger partial charge in [0.2, 0.25) is 5.91 Å². The van der Waals surface area contributed by atoms with Gasteiger partial charge in [-0.05, 0) is 41.5 Å². The number of fused-ring (bicyclic) bond motifs is 3. The van der Waals surface area contributed by atoms with Crippen molar-refractivity contribution >= 4 is 18.0 Å². The fraction of sp³-hybridized carbons (Fsp3) is 0.370. The molecule has 7 heteroatoms. The van der Waals surface area contributed by atoms with Crippen LogP contribution in [0.2, 0.25) is 0 Å². The SMILES string of the molecule is CN(CCCCC(=O)O)C(=O)C1C=CC(NC(=O)OCC2c3ccccc3-c3ccccc32)C1. The van der Waals surface area contributed by atoms with Crippen molar-refractivity contribution in [1.29, 1.82) is 0 Å². The summed E-state index contributed by atoms with van der Waals surface area (Å²) in [5.74, 6) is -1.15. The van der Waals surface area contributed by atoms with E-state index in [0.717, 1.165) is 11.1 Å². The van der Waals surface area contributed by atoms with E-state index >= 15 is 0 Å². The van der Waals surface area contributed by atoms with Gasteiger partial charge in [0, 0.05) is 25.9 Å². The van der Waals surface area contributed by atoms with E-state index in [0.29, 0.717) is 25.8 Å². The van der Waals surface area contributed by atoms with E-state index in [2.05, 4.69) is 29.6 Å². The van der Waals surface area contributed by atoms with Gasteiger partial charge < -0.3 is 20.1 Å². The predicted molar refractivity (Wildman–Crippen MR) is 128 cm³/mol. The van der Waals surface area contributed by atoms with Crippen LogP contribution >= 0.6 is 0 Å². The minimum absolute atomic E-state index is 0.00127. The summed E-state index contributed by atoms with van der Waals surface area (Å²) in [6.07, 6.45) is 4.95. The average Bonchev–Trinajstić information content (AvgIpc) is 3.42. The lowest BCUT2D eigenvalue weighted by molar-refractivity contribution is -0.137. The van der Waals surface area contributed by atoms with Gasteiger partial charge in [0.1, 0.15) is 6.61 Å². The molecular formula is C27H30N2O5. The van der Waals surface area contributed by atoms with E-state index in [9.17, 15) is 14.4 Å². The van der Waals surface area contributed by atoms with Gasteiger partial charge in [-0.25, -0.2) is 4.79 Å². The van der Waals surface area contributed by atoms with Gasteiger partial charge in [-0.1, -0.05) is 60.7 Å². The zero-order valence-corrected chi connectivity index (χ0v) is 19.3. The van der Waals surface area contributed by atoms with Crippen LogP contribution in [0.15, 0.2) is 60.7 Å². The van der Waals surface area contributed by atoms with E-state index in [1.807, 2.05) is 36.4 Å². The highest BCUT2D eigenvalue weighted by molar-refractivity contribution is 5.81. The Hall–Kier alpha value is -3.61. The first-order valence-electron chi connectivity index (χ1n) is 11.7. The summed E-state index contributed by atoms with van der Waals surface area (Å²) in [6, 6.07) is 16.1. The quantitative estimate of drug-likeness (QED) is 0.430. The number of carboxylic acids is 1. The smallest absolute Gasteiger partial charge is 0.407 e. The number of alkyl carbamates (subject to hydrolysis) is 1. The molecule has 2 atom stereocenters. The van der Waals surface area contributed by atoms with E-state index in [4.69, 9.17) is 9.84 Å². The molecule has 0 spiro atoms. The topological polar surface area (TPSA) is 95.9 Å². The van der Waals surface area contributed by atoms with Crippen LogP contribution in [0.3, 0.4) is 0 Å². The van der Waals surface area contributed by atoms with Crippen LogP contribution in [0.4, 0.5) is 4.79 Å². The molecule has 2 N–H and O–H groups in total. The van der Waals surface area contributed by atoms with Gasteiger partial charge in [0.25, 0.3) is 0 Å². The van der Waals surface area contributed by atoms with Gasteiger partial charge in [0.15, 0.2) is 0 Å². The van der Waals surface area contributed by atoms with Crippen molar-refractivity contribution in [1.82, 2.24) is 10.2 Å². The normalized spacial score (nSPS) is 18.3. The van der Waals surface area contributed by atoms with Crippen LogP contribution < -0.4 is 5.32 Å². The lowest BCUT2D eigenvalue weighted by atomic mass is 9.98. The number of nitrogens with zero attached hydrogens (tertiary/aromatic N) is 1. The summed E-state index contributed by atoms with van der Waals surface area (Å²) in [7, 11) is 1.73. The first kappa shape index (κ1) is 23.5. The third-order valence-electron chi connectivity index (χ3n) is 6.56. The molecule has 7 nitrogen and oxygen atoms in total. The second kappa shape index (κ2) is 10.5. The van der Waals surface area contributed by atoms with Gasteiger partial charge in [-0.3, -0.25) is 9.59 Å². The number of amides is 2. The number of aliphatic carboxylic acids is 1. The summed E-state index contributed by atoms with van der Waals surface area (Å²) in [4.78, 5) is 37.4. The molecule has 2 amide bonds. The number of rotatable bonds is 9. The fourth-order valence-electron chi connectivity index (χ4n) is 4.80. The molecule has 0 bridgehead atoms. The minimum atomic E-state index is -0.824. The Balaban J connectivity index is 1.25. The average molecular weight is 463 g/mol. The molecular weight excluding hydrogens is 432 g/mol. The Morgan fingerprint density at radius 2 is 1.65 bits per heavy atom. The Labute approximate surface area is 199 Å². The van der Waals surface area contributed by atoms with E-state index in [-0.39, 0.29) is 36.8 Å². The molecule has 0 saturated heterocycles. The van der Waals surface area contributed by atoms with Gasteiger partial charge in [0.05, 0.1) is 12.0 Å². The number of hydrogen-bond acceptors (Lipinski definition) is 4. The van der Waals surface area contributed by atoms with Crippen LogP contribution in [0.25, 0.3) is 11.1 Å². The maximum absolute atomic E-state index is 12.7. The highest BCUT2D eigenvalue weighted by Crippen LogP contribution is 2.44. The van der Waals surface area contributed by atoms with Crippen molar-refractivity contribution < 1.29 is 24.2 Å². The summed E-state index contributed by atoms with van der Waals surface area (Å²) >= 11 is 0. The minimum Gasteiger partial charge on any atom is -0.481 e. The standard InChI is InChI=1S/C27H30N2O5/c1-29(15-7-6-12-25(30)31)26(32)18-13-14-19(16-18)28-27(33)34-17-24-22-10-4-2-8-20(22)21-9-3-5-11-23(21)24/h2-5,8-11,13-14,18-19,24H,6-7,12,15-17H2,1H3,(H,28,33)(H,30,31). The zero-order valence-electron chi connectivity index (χ0n) is 19.3. The summed E-state index contributed by atoms with van der Waals surface area (Å²) in [5, 5.41) is 11.6. The van der Waals surface area contributed by atoms with Crippen LogP contribution in [-0.2, 0) is 14.3 Å².